The molecule has 0 aliphatic rings. The molecule has 0 saturated heterocycles. The van der Waals surface area contributed by atoms with E-state index in [0.29, 0.717) is 0 Å². The summed E-state index contributed by atoms with van der Waals surface area (Å²) in [4.78, 5) is 9.54. The van der Waals surface area contributed by atoms with E-state index in [-0.39, 0.29) is 29.6 Å². The van der Waals surface area contributed by atoms with Crippen molar-refractivity contribution in [3.05, 3.63) is 0 Å². The number of hydrogen-bond donors (Lipinski definition) is 4. The Morgan fingerprint density at radius 1 is 1.50 bits per heavy atom. The number of nitrogens with one attached hydrogen (secondary N) is 1. The van der Waals surface area contributed by atoms with Crippen LogP contribution in [0, 0.1) is 0 Å². The average Bonchev–Trinajstić information content (AvgIpc) is 1.59. The van der Waals surface area contributed by atoms with Crippen LogP contribution in [0.1, 0.15) is 0 Å². The van der Waals surface area contributed by atoms with Gasteiger partial charge in [0, 0.05) is 6.54 Å². The molecule has 0 aliphatic carbocycles. The van der Waals surface area contributed by atoms with Crippen LogP contribution in [0.5, 0.6) is 0 Å². The minimum Gasteiger partial charge on any atom is -0.549 e. The summed E-state index contributed by atoms with van der Waals surface area (Å²) in [5.74, 6) is -1.54. The van der Waals surface area contributed by atoms with E-state index >= 15 is 0 Å². The minimum absolute atomic E-state index is 0. The predicted molar refractivity (Wildman–Crippen MR) is 22.4 cm³/mol. The van der Waals surface area contributed by atoms with Gasteiger partial charge in [-0.25, -0.2) is 5.32 Å². The van der Waals surface area contributed by atoms with E-state index in [4.69, 9.17) is 15.3 Å². The zero-order chi connectivity index (χ0) is 7.49. The molecule has 6 nitrogen and oxygen atoms in total. The Morgan fingerprint density at radius 2 is 1.90 bits per heavy atom. The van der Waals surface area contributed by atoms with Crippen LogP contribution in [0.15, 0.2) is 0 Å². The zero-order valence-corrected chi connectivity index (χ0v) is 7.37. The maximum atomic E-state index is 9.54. The smallest absolute Gasteiger partial charge is 0.549 e. The van der Waals surface area contributed by atoms with Crippen LogP contribution in [0.2, 0.25) is 0 Å². The van der Waals surface area contributed by atoms with Crippen LogP contribution in [0.4, 0.5) is 0 Å². The molecule has 0 bridgehead atoms. The first-order valence-corrected chi connectivity index (χ1v) is 2.04. The van der Waals surface area contributed by atoms with Gasteiger partial charge in [0.05, 0.1) is 5.97 Å². The van der Waals surface area contributed by atoms with Gasteiger partial charge in [-0.15, -0.1) is 0 Å². The molecule has 4 N–H and O–H groups in total. The van der Waals surface area contributed by atoms with Gasteiger partial charge in [-0.1, -0.05) is 0 Å². The molecule has 0 atom stereocenters. The maximum Gasteiger partial charge on any atom is 1.00 e. The largest absolute Gasteiger partial charge is 1.00 e. The molecule has 0 saturated carbocycles. The van der Waals surface area contributed by atoms with Crippen molar-refractivity contribution in [3.63, 3.8) is 0 Å². The molecule has 0 amide bonds. The summed E-state index contributed by atoms with van der Waals surface area (Å²) in [5.41, 5.74) is 0. The molecular weight excluding hydrogens is 153 g/mol. The van der Waals surface area contributed by atoms with Gasteiger partial charge in [0.25, 0.3) is 0 Å². The van der Waals surface area contributed by atoms with Crippen LogP contribution in [-0.2, 0) is 4.79 Å². The SMILES string of the molecule is O=C([O-])CNC(O)(O)O.[Na+]. The van der Waals surface area contributed by atoms with Crippen LogP contribution >= 0.6 is 0 Å². The van der Waals surface area contributed by atoms with Gasteiger partial charge in [-0.3, -0.25) is 0 Å². The molecule has 0 fully saturated rings. The Balaban J connectivity index is 0. The molecule has 0 aromatic rings. The van der Waals surface area contributed by atoms with Gasteiger partial charge in [0.1, 0.15) is 0 Å². The summed E-state index contributed by atoms with van der Waals surface area (Å²) < 4.78 is 0. The Kier molecular flexibility index (Phi) is 6.50. The third-order valence-corrected chi connectivity index (χ3v) is 0.470. The molecule has 0 heterocycles. The van der Waals surface area contributed by atoms with Crippen molar-refractivity contribution in [2.24, 2.45) is 0 Å². The van der Waals surface area contributed by atoms with E-state index in [0.717, 1.165) is 0 Å². The van der Waals surface area contributed by atoms with E-state index in [9.17, 15) is 9.90 Å². The van der Waals surface area contributed by atoms with Crippen LogP contribution in [0.3, 0.4) is 0 Å². The van der Waals surface area contributed by atoms with E-state index < -0.39 is 18.6 Å². The summed E-state index contributed by atoms with van der Waals surface area (Å²) in [6.45, 7) is -0.830. The molecule has 0 unspecified atom stereocenters. The fourth-order valence-electron chi connectivity index (χ4n) is 0.191. The Hall–Kier alpha value is 0.310. The van der Waals surface area contributed by atoms with E-state index in [1.54, 1.807) is 0 Å². The first-order valence-electron chi connectivity index (χ1n) is 2.04. The van der Waals surface area contributed by atoms with Gasteiger partial charge in [-0.2, -0.15) is 0 Å². The number of hydrogen-bond acceptors (Lipinski definition) is 6. The number of aliphatic carboxylic acids is 1. The zero-order valence-electron chi connectivity index (χ0n) is 5.37. The molecule has 0 radical (unpaired) electrons. The first kappa shape index (κ1) is 12.9. The maximum absolute atomic E-state index is 9.54. The molecule has 0 spiro atoms. The molecular formula is C3H6NNaO5. The Bertz CT molecular complexity index is 110. The summed E-state index contributed by atoms with van der Waals surface area (Å²) in [6.07, 6.45) is -3.14. The molecule has 0 aliphatic heterocycles. The number of carbonyl (C=O) groups excluding carboxylic acids is 1. The minimum atomic E-state index is -3.14. The summed E-state index contributed by atoms with van der Waals surface area (Å²) in [7, 11) is 0. The first-order chi connectivity index (χ1) is 3.92. The van der Waals surface area contributed by atoms with Crippen molar-refractivity contribution in [1.82, 2.24) is 5.32 Å². The number of carbonyl (C=O) groups is 1. The molecule has 0 aromatic carbocycles. The topological polar surface area (TPSA) is 113 Å². The van der Waals surface area contributed by atoms with Crippen molar-refractivity contribution >= 4 is 5.97 Å². The van der Waals surface area contributed by atoms with Crippen molar-refractivity contribution in [1.29, 1.82) is 0 Å². The summed E-state index contributed by atoms with van der Waals surface area (Å²) >= 11 is 0. The molecule has 0 rings (SSSR count). The molecule has 7 heteroatoms. The van der Waals surface area contributed by atoms with Crippen LogP contribution < -0.4 is 40.0 Å². The predicted octanol–water partition coefficient (Wildman–Crippen LogP) is -7.08. The van der Waals surface area contributed by atoms with Crippen molar-refractivity contribution < 1.29 is 54.8 Å². The quantitative estimate of drug-likeness (QED) is 0.240. The third kappa shape index (κ3) is 11.2. The average molecular weight is 159 g/mol. The fourth-order valence-corrected chi connectivity index (χ4v) is 0.191. The summed E-state index contributed by atoms with van der Waals surface area (Å²) in [5, 5.41) is 34.9. The van der Waals surface area contributed by atoms with Gasteiger partial charge < -0.3 is 25.2 Å². The number of rotatable bonds is 3. The monoisotopic (exact) mass is 159 g/mol. The van der Waals surface area contributed by atoms with E-state index in [2.05, 4.69) is 0 Å². The molecule has 54 valence electrons. The Morgan fingerprint density at radius 3 is 2.00 bits per heavy atom. The van der Waals surface area contributed by atoms with Crippen molar-refractivity contribution in [3.8, 4) is 0 Å². The van der Waals surface area contributed by atoms with Gasteiger partial charge in [0.2, 0.25) is 0 Å². The number of carboxylic acids is 1. The van der Waals surface area contributed by atoms with Crippen LogP contribution in [0.25, 0.3) is 0 Å². The number of aliphatic hydroxyl groups is 3. The standard InChI is InChI=1S/C3H7NO5.Na/c5-2(6)1-4-3(7,8)9;/h4,7-9H,1H2,(H,5,6);/q;+1/p-1. The van der Waals surface area contributed by atoms with Crippen molar-refractivity contribution in [2.45, 2.75) is 6.10 Å². The Labute approximate surface area is 78.8 Å². The summed E-state index contributed by atoms with van der Waals surface area (Å²) in [6, 6.07) is 0. The molecule has 0 aromatic heterocycles. The normalized spacial score (nSPS) is 10.3. The second kappa shape index (κ2) is 5.03. The third-order valence-electron chi connectivity index (χ3n) is 0.470. The van der Waals surface area contributed by atoms with E-state index in [1.807, 2.05) is 0 Å². The second-order valence-electron chi connectivity index (χ2n) is 1.36. The van der Waals surface area contributed by atoms with Gasteiger partial charge in [-0.05, 0) is 0 Å². The fraction of sp³-hybridized carbons (Fsp3) is 0.667. The van der Waals surface area contributed by atoms with Gasteiger partial charge >= 0.3 is 35.7 Å². The van der Waals surface area contributed by atoms with Crippen LogP contribution in [-0.4, -0.2) is 33.9 Å². The van der Waals surface area contributed by atoms with E-state index in [1.165, 1.54) is 5.32 Å². The van der Waals surface area contributed by atoms with Gasteiger partial charge in [0.15, 0.2) is 0 Å². The molecule has 10 heavy (non-hydrogen) atoms. The van der Waals surface area contributed by atoms with Crippen molar-refractivity contribution in [2.75, 3.05) is 6.54 Å². The number of carboxylic acid groups (broad SMARTS) is 1. The second-order valence-corrected chi connectivity index (χ2v) is 1.36.